The first-order valence-electron chi connectivity index (χ1n) is 8.00. The summed E-state index contributed by atoms with van der Waals surface area (Å²) in [5.74, 6) is 0. The van der Waals surface area contributed by atoms with Crippen LogP contribution in [0.15, 0.2) is 34.8 Å². The maximum absolute atomic E-state index is 12.5. The summed E-state index contributed by atoms with van der Waals surface area (Å²) in [6, 6.07) is 5.66. The number of benzene rings is 1. The van der Waals surface area contributed by atoms with E-state index in [4.69, 9.17) is 4.84 Å². The van der Waals surface area contributed by atoms with Crippen LogP contribution in [-0.2, 0) is 25.1 Å². The largest absolute Gasteiger partial charge is 0.399 e. The smallest absolute Gasteiger partial charge is 0.323 e. The van der Waals surface area contributed by atoms with E-state index in [-0.39, 0.29) is 6.54 Å². The van der Waals surface area contributed by atoms with E-state index in [1.807, 2.05) is 32.0 Å². The van der Waals surface area contributed by atoms with Gasteiger partial charge in [0.15, 0.2) is 0 Å². The second kappa shape index (κ2) is 8.34. The third-order valence-corrected chi connectivity index (χ3v) is 6.34. The zero-order chi connectivity index (χ0) is 21.1. The van der Waals surface area contributed by atoms with E-state index < -0.39 is 25.4 Å². The standard InChI is InChI=1S/C15H22N6O5S2/c1-11-6-12(2)8-13(7-11)14(19-26-5)9-17-27(22,23)15-16-10-21(18-15)28(24,25)20(3)4/h6-8,10,17H,9H2,1-5H3/b19-14+. The minimum Gasteiger partial charge on any atom is -0.399 e. The minimum atomic E-state index is -4.18. The first-order valence-corrected chi connectivity index (χ1v) is 10.9. The molecule has 0 atom stereocenters. The van der Waals surface area contributed by atoms with Crippen molar-refractivity contribution >= 4 is 25.9 Å². The highest BCUT2D eigenvalue weighted by atomic mass is 32.2. The highest BCUT2D eigenvalue weighted by molar-refractivity contribution is 7.89. The molecule has 0 amide bonds. The molecule has 1 heterocycles. The number of rotatable bonds is 8. The lowest BCUT2D eigenvalue weighted by Gasteiger charge is -2.10. The first kappa shape index (κ1) is 21.9. The number of nitrogens with one attached hydrogen (secondary N) is 1. The maximum atomic E-state index is 12.5. The Balaban J connectivity index is 2.26. The van der Waals surface area contributed by atoms with Crippen LogP contribution in [0.2, 0.25) is 0 Å². The Labute approximate surface area is 164 Å². The number of aromatic nitrogens is 3. The molecule has 2 aromatic rings. The summed E-state index contributed by atoms with van der Waals surface area (Å²) in [6.45, 7) is 3.62. The molecule has 2 rings (SSSR count). The van der Waals surface area contributed by atoms with Gasteiger partial charge in [0.1, 0.15) is 19.1 Å². The van der Waals surface area contributed by atoms with Gasteiger partial charge in [0, 0.05) is 19.7 Å². The van der Waals surface area contributed by atoms with Gasteiger partial charge in [0.2, 0.25) is 0 Å². The van der Waals surface area contributed by atoms with Crippen molar-refractivity contribution < 1.29 is 21.7 Å². The van der Waals surface area contributed by atoms with Crippen molar-refractivity contribution in [2.45, 2.75) is 19.0 Å². The van der Waals surface area contributed by atoms with E-state index in [0.717, 1.165) is 21.8 Å². The Hall–Kier alpha value is -2.35. The molecule has 0 aliphatic carbocycles. The van der Waals surface area contributed by atoms with E-state index in [1.165, 1.54) is 21.2 Å². The Morgan fingerprint density at radius 2 is 1.79 bits per heavy atom. The minimum absolute atomic E-state index is 0.200. The molecule has 13 heteroatoms. The monoisotopic (exact) mass is 430 g/mol. The van der Waals surface area contributed by atoms with Crippen LogP contribution in [0.5, 0.6) is 0 Å². The topological polar surface area (TPSA) is 136 Å². The summed E-state index contributed by atoms with van der Waals surface area (Å²) in [4.78, 5) is 8.40. The number of hydrogen-bond donors (Lipinski definition) is 1. The average molecular weight is 431 g/mol. The fourth-order valence-electron chi connectivity index (χ4n) is 2.30. The van der Waals surface area contributed by atoms with Gasteiger partial charge in [0.05, 0.1) is 6.54 Å². The van der Waals surface area contributed by atoms with Gasteiger partial charge in [-0.05, 0) is 13.8 Å². The first-order chi connectivity index (χ1) is 13.0. The summed E-state index contributed by atoms with van der Waals surface area (Å²) < 4.78 is 52.6. The third-order valence-electron chi connectivity index (χ3n) is 3.58. The Bertz CT molecular complexity index is 1070. The van der Waals surface area contributed by atoms with Crippen molar-refractivity contribution in [3.05, 3.63) is 41.2 Å². The summed E-state index contributed by atoms with van der Waals surface area (Å²) >= 11 is 0. The normalized spacial score (nSPS) is 13.1. The van der Waals surface area contributed by atoms with E-state index in [0.29, 0.717) is 15.4 Å². The van der Waals surface area contributed by atoms with Crippen molar-refractivity contribution in [1.29, 1.82) is 0 Å². The van der Waals surface area contributed by atoms with Crippen molar-refractivity contribution in [3.63, 3.8) is 0 Å². The molecule has 0 aliphatic rings. The van der Waals surface area contributed by atoms with Gasteiger partial charge in [-0.2, -0.15) is 12.7 Å². The van der Waals surface area contributed by atoms with Gasteiger partial charge < -0.3 is 4.84 Å². The van der Waals surface area contributed by atoms with Gasteiger partial charge in [-0.3, -0.25) is 0 Å². The van der Waals surface area contributed by atoms with Crippen molar-refractivity contribution in [2.24, 2.45) is 5.16 Å². The van der Waals surface area contributed by atoms with Crippen molar-refractivity contribution in [1.82, 2.24) is 23.2 Å². The quantitative estimate of drug-likeness (QED) is 0.455. The average Bonchev–Trinajstić information content (AvgIpc) is 3.09. The fraction of sp³-hybridized carbons (Fsp3) is 0.400. The summed E-state index contributed by atoms with van der Waals surface area (Å²) in [6.07, 6.45) is 0.817. The molecule has 0 radical (unpaired) electrons. The van der Waals surface area contributed by atoms with Crippen LogP contribution in [0, 0.1) is 13.8 Å². The van der Waals surface area contributed by atoms with E-state index >= 15 is 0 Å². The Kier molecular flexibility index (Phi) is 6.54. The Morgan fingerprint density at radius 1 is 1.18 bits per heavy atom. The molecule has 28 heavy (non-hydrogen) atoms. The molecular formula is C15H22N6O5S2. The zero-order valence-corrected chi connectivity index (χ0v) is 17.7. The van der Waals surface area contributed by atoms with Gasteiger partial charge >= 0.3 is 10.2 Å². The van der Waals surface area contributed by atoms with Crippen molar-refractivity contribution in [3.8, 4) is 0 Å². The van der Waals surface area contributed by atoms with E-state index in [9.17, 15) is 16.8 Å². The molecule has 0 bridgehead atoms. The lowest BCUT2D eigenvalue weighted by molar-refractivity contribution is 0.213. The molecule has 0 saturated carbocycles. The predicted molar refractivity (Wildman–Crippen MR) is 103 cm³/mol. The molecule has 154 valence electrons. The van der Waals surface area contributed by atoms with Crippen LogP contribution in [-0.4, -0.2) is 68.8 Å². The zero-order valence-electron chi connectivity index (χ0n) is 16.1. The highest BCUT2D eigenvalue weighted by Gasteiger charge is 2.25. The maximum Gasteiger partial charge on any atom is 0.323 e. The SMILES string of the molecule is CO/N=C(\CNS(=O)(=O)c1ncn(S(=O)(=O)N(C)C)n1)c1cc(C)cc(C)c1. The molecule has 0 saturated heterocycles. The molecule has 1 aromatic heterocycles. The lowest BCUT2D eigenvalue weighted by atomic mass is 10.0. The summed E-state index contributed by atoms with van der Waals surface area (Å²) in [7, 11) is -4.21. The molecule has 0 fully saturated rings. The van der Waals surface area contributed by atoms with Crippen LogP contribution < -0.4 is 4.72 Å². The third kappa shape index (κ3) is 4.92. The number of hydrogen-bond acceptors (Lipinski definition) is 8. The molecule has 0 aliphatic heterocycles. The summed E-state index contributed by atoms with van der Waals surface area (Å²) in [5, 5.41) is 6.77. The van der Waals surface area contributed by atoms with E-state index in [1.54, 1.807) is 0 Å². The highest BCUT2D eigenvalue weighted by Crippen LogP contribution is 2.11. The molecule has 11 nitrogen and oxygen atoms in total. The van der Waals surface area contributed by atoms with Crippen LogP contribution in [0.1, 0.15) is 16.7 Å². The van der Waals surface area contributed by atoms with Gasteiger partial charge in [-0.1, -0.05) is 34.5 Å². The summed E-state index contributed by atoms with van der Waals surface area (Å²) in [5.41, 5.74) is 3.00. The van der Waals surface area contributed by atoms with Gasteiger partial charge in [0.25, 0.3) is 15.2 Å². The molecule has 1 aromatic carbocycles. The second-order valence-electron chi connectivity index (χ2n) is 6.11. The number of nitrogens with zero attached hydrogens (tertiary/aromatic N) is 5. The van der Waals surface area contributed by atoms with Crippen LogP contribution in [0.25, 0.3) is 0 Å². The van der Waals surface area contributed by atoms with Crippen LogP contribution in [0.3, 0.4) is 0 Å². The van der Waals surface area contributed by atoms with Crippen molar-refractivity contribution in [2.75, 3.05) is 27.7 Å². The number of sulfonamides is 1. The lowest BCUT2D eigenvalue weighted by Crippen LogP contribution is -2.32. The molecule has 0 unspecified atom stereocenters. The molecule has 1 N–H and O–H groups in total. The van der Waals surface area contributed by atoms with Crippen LogP contribution >= 0.6 is 0 Å². The van der Waals surface area contributed by atoms with E-state index in [2.05, 4.69) is 20.0 Å². The Morgan fingerprint density at radius 3 is 2.32 bits per heavy atom. The fourth-order valence-corrected chi connectivity index (χ4v) is 3.87. The molecule has 0 spiro atoms. The second-order valence-corrected chi connectivity index (χ2v) is 9.77. The van der Waals surface area contributed by atoms with Gasteiger partial charge in [-0.15, -0.1) is 9.19 Å². The van der Waals surface area contributed by atoms with Gasteiger partial charge in [-0.25, -0.2) is 18.1 Å². The molecular weight excluding hydrogens is 408 g/mol. The van der Waals surface area contributed by atoms with Crippen LogP contribution in [0.4, 0.5) is 0 Å². The predicted octanol–water partition coefficient (Wildman–Crippen LogP) is -0.122. The number of aryl methyl sites for hydroxylation is 2. The number of oxime groups is 1.